The van der Waals surface area contributed by atoms with Crippen molar-refractivity contribution in [1.29, 1.82) is 0 Å². The highest BCUT2D eigenvalue weighted by Gasteiger charge is 2.18. The first-order valence-corrected chi connectivity index (χ1v) is 6.98. The average Bonchev–Trinajstić information content (AvgIpc) is 2.15. The summed E-state index contributed by atoms with van der Waals surface area (Å²) in [6.07, 6.45) is 2.48. The zero-order valence-corrected chi connectivity index (χ0v) is 12.8. The first-order valence-electron chi connectivity index (χ1n) is 5.19. The number of hydrogen-bond acceptors (Lipinski definition) is 4. The number of allylic oxidation sites excluding steroid dienone is 1. The Bertz CT molecular complexity index is 335. The van der Waals surface area contributed by atoms with Crippen LogP contribution in [0, 0.1) is 0 Å². The fourth-order valence-electron chi connectivity index (χ4n) is 1.30. The molecule has 19 heavy (non-hydrogen) atoms. The molecule has 0 bridgehead atoms. The van der Waals surface area contributed by atoms with Crippen LogP contribution in [0.15, 0.2) is 11.6 Å². The Labute approximate surface area is 124 Å². The Kier molecular flexibility index (Phi) is 14.7. The van der Waals surface area contributed by atoms with E-state index in [4.69, 9.17) is 26.4 Å². The summed E-state index contributed by atoms with van der Waals surface area (Å²) in [6, 6.07) is -1.24. The second-order valence-electron chi connectivity index (χ2n) is 3.76. The van der Waals surface area contributed by atoms with Gasteiger partial charge in [0.15, 0.2) is 0 Å². The van der Waals surface area contributed by atoms with Gasteiger partial charge in [0.05, 0.1) is 6.16 Å². The van der Waals surface area contributed by atoms with Crippen molar-refractivity contribution in [2.75, 3.05) is 12.7 Å². The molecule has 0 saturated heterocycles. The first-order chi connectivity index (χ1) is 7.76. The van der Waals surface area contributed by atoms with Gasteiger partial charge in [-0.1, -0.05) is 11.6 Å². The molecular weight excluding hydrogens is 318 g/mol. The summed E-state index contributed by atoms with van der Waals surface area (Å²) < 4.78 is 10.9. The van der Waals surface area contributed by atoms with Gasteiger partial charge in [-0.05, 0) is 25.8 Å². The largest absolute Gasteiger partial charge is 0.480 e. The van der Waals surface area contributed by atoms with Crippen molar-refractivity contribution in [1.82, 2.24) is 0 Å². The minimum Gasteiger partial charge on any atom is -0.480 e. The van der Waals surface area contributed by atoms with Gasteiger partial charge in [-0.15, -0.1) is 24.8 Å². The van der Waals surface area contributed by atoms with Crippen LogP contribution in [-0.4, -0.2) is 39.6 Å². The molecule has 0 spiro atoms. The molecule has 0 aromatic carbocycles. The van der Waals surface area contributed by atoms with Gasteiger partial charge < -0.3 is 26.4 Å². The van der Waals surface area contributed by atoms with Crippen LogP contribution in [0.3, 0.4) is 0 Å². The summed E-state index contributed by atoms with van der Waals surface area (Å²) >= 11 is 0. The Balaban J connectivity index is -0.00000128. The van der Waals surface area contributed by atoms with Gasteiger partial charge in [0, 0.05) is 0 Å². The van der Waals surface area contributed by atoms with Crippen molar-refractivity contribution < 1.29 is 24.3 Å². The zero-order valence-electron chi connectivity index (χ0n) is 10.3. The van der Waals surface area contributed by atoms with Crippen molar-refractivity contribution in [3.63, 3.8) is 0 Å². The van der Waals surface area contributed by atoms with Crippen LogP contribution in [-0.2, 0) is 9.36 Å². The molecule has 7 nitrogen and oxygen atoms in total. The molecule has 10 heteroatoms. The van der Waals surface area contributed by atoms with E-state index in [0.717, 1.165) is 0 Å². The van der Waals surface area contributed by atoms with E-state index < -0.39 is 25.8 Å². The summed E-state index contributed by atoms with van der Waals surface area (Å²) in [5.41, 5.74) is 10.9. The number of carboxylic acid groups (broad SMARTS) is 1. The van der Waals surface area contributed by atoms with Crippen LogP contribution < -0.4 is 11.5 Å². The summed E-state index contributed by atoms with van der Waals surface area (Å²) in [6.45, 7) is 0.480. The quantitative estimate of drug-likeness (QED) is 0.245. The molecule has 116 valence electrons. The third-order valence-corrected chi connectivity index (χ3v) is 2.88. The molecule has 7 N–H and O–H groups in total. The summed E-state index contributed by atoms with van der Waals surface area (Å²) in [7, 11) is -4.20. The highest BCUT2D eigenvalue weighted by Crippen LogP contribution is 2.37. The molecule has 0 aliphatic rings. The maximum Gasteiger partial charge on any atom is 0.329 e. The van der Waals surface area contributed by atoms with Gasteiger partial charge in [-0.25, -0.2) is 0 Å². The molecule has 0 heterocycles. The lowest BCUT2D eigenvalue weighted by molar-refractivity contribution is -0.137. The Morgan fingerprint density at radius 3 is 2.16 bits per heavy atom. The van der Waals surface area contributed by atoms with Gasteiger partial charge in [0.1, 0.15) is 6.04 Å². The molecule has 0 rings (SSSR count). The van der Waals surface area contributed by atoms with Crippen molar-refractivity contribution in [3.05, 3.63) is 11.6 Å². The molecule has 0 aliphatic heterocycles. The minimum atomic E-state index is -4.20. The summed E-state index contributed by atoms with van der Waals surface area (Å²) in [5, 5.41) is 8.62. The topological polar surface area (TPSA) is 147 Å². The standard InChI is InChI=1S/C9H19N2O5P.2ClH/c10-4-2-1-3-7(6-17(14,15)16)5-8(11)9(12)13;;/h5,8H,1-4,6,10-11H2,(H,12,13)(H2,14,15,16);2*1H/b7-5-;;. The Morgan fingerprint density at radius 1 is 1.26 bits per heavy atom. The van der Waals surface area contributed by atoms with E-state index in [1.54, 1.807) is 0 Å². The van der Waals surface area contributed by atoms with Gasteiger partial charge in [0.2, 0.25) is 0 Å². The minimum absolute atomic E-state index is 0. The number of halogens is 2. The lowest BCUT2D eigenvalue weighted by Gasteiger charge is -2.10. The second-order valence-corrected chi connectivity index (χ2v) is 5.40. The van der Waals surface area contributed by atoms with Gasteiger partial charge >= 0.3 is 13.6 Å². The number of unbranched alkanes of at least 4 members (excludes halogenated alkanes) is 1. The number of aliphatic carboxylic acids is 1. The zero-order chi connectivity index (χ0) is 13.5. The normalized spacial score (nSPS) is 13.2. The fraction of sp³-hybridized carbons (Fsp3) is 0.667. The Hall–Kier alpha value is -0.140. The number of rotatable bonds is 8. The molecule has 0 fully saturated rings. The Morgan fingerprint density at radius 2 is 1.79 bits per heavy atom. The van der Waals surface area contributed by atoms with Crippen LogP contribution in [0.25, 0.3) is 0 Å². The predicted molar refractivity (Wildman–Crippen MR) is 78.0 cm³/mol. The molecule has 0 amide bonds. The van der Waals surface area contributed by atoms with E-state index in [1.807, 2.05) is 0 Å². The highest BCUT2D eigenvalue weighted by molar-refractivity contribution is 7.52. The van der Waals surface area contributed by atoms with E-state index in [0.29, 0.717) is 31.4 Å². The second kappa shape index (κ2) is 11.7. The molecular formula is C9H21Cl2N2O5P. The third kappa shape index (κ3) is 14.1. The average molecular weight is 339 g/mol. The smallest absolute Gasteiger partial charge is 0.329 e. The summed E-state index contributed by atoms with van der Waals surface area (Å²) in [4.78, 5) is 28.3. The van der Waals surface area contributed by atoms with Crippen molar-refractivity contribution in [2.45, 2.75) is 25.3 Å². The number of nitrogens with two attached hydrogens (primary N) is 2. The van der Waals surface area contributed by atoms with Crippen molar-refractivity contribution in [3.8, 4) is 0 Å². The maximum atomic E-state index is 10.9. The molecule has 0 aliphatic carbocycles. The molecule has 1 atom stereocenters. The van der Waals surface area contributed by atoms with Gasteiger partial charge in [0.25, 0.3) is 0 Å². The van der Waals surface area contributed by atoms with E-state index in [-0.39, 0.29) is 24.8 Å². The van der Waals surface area contributed by atoms with Gasteiger partial charge in [-0.3, -0.25) is 9.36 Å². The maximum absolute atomic E-state index is 10.9. The van der Waals surface area contributed by atoms with Gasteiger partial charge in [-0.2, -0.15) is 0 Å². The van der Waals surface area contributed by atoms with E-state index >= 15 is 0 Å². The van der Waals surface area contributed by atoms with E-state index in [1.165, 1.54) is 6.08 Å². The first kappa shape index (κ1) is 23.9. The SMILES string of the molecule is Cl.Cl.NCCCC/C(=C/C(N)C(=O)O)CP(=O)(O)O. The van der Waals surface area contributed by atoms with Crippen LogP contribution in [0.4, 0.5) is 0 Å². The number of carboxylic acids is 1. The molecule has 0 saturated carbocycles. The predicted octanol–water partition coefficient (Wildman–Crippen LogP) is 0.475. The number of hydrogen-bond donors (Lipinski definition) is 5. The van der Waals surface area contributed by atoms with Crippen molar-refractivity contribution >= 4 is 38.4 Å². The summed E-state index contributed by atoms with van der Waals surface area (Å²) in [5.74, 6) is -1.23. The van der Waals surface area contributed by atoms with E-state index in [2.05, 4.69) is 0 Å². The molecule has 1 unspecified atom stereocenters. The molecule has 0 aromatic rings. The van der Waals surface area contributed by atoms with Crippen LogP contribution in [0.2, 0.25) is 0 Å². The van der Waals surface area contributed by atoms with Crippen molar-refractivity contribution in [2.24, 2.45) is 11.5 Å². The van der Waals surface area contributed by atoms with Crippen LogP contribution in [0.5, 0.6) is 0 Å². The molecule has 0 radical (unpaired) electrons. The van der Waals surface area contributed by atoms with Crippen LogP contribution >= 0.6 is 32.4 Å². The molecule has 0 aromatic heterocycles. The lowest BCUT2D eigenvalue weighted by Crippen LogP contribution is -2.28. The monoisotopic (exact) mass is 338 g/mol. The van der Waals surface area contributed by atoms with Crippen LogP contribution in [0.1, 0.15) is 19.3 Å². The third-order valence-electron chi connectivity index (χ3n) is 2.06. The highest BCUT2D eigenvalue weighted by atomic mass is 35.5. The fourth-order valence-corrected chi connectivity index (χ4v) is 2.09. The van der Waals surface area contributed by atoms with E-state index in [9.17, 15) is 9.36 Å². The number of carbonyl (C=O) groups is 1. The lowest BCUT2D eigenvalue weighted by atomic mass is 10.1.